The summed E-state index contributed by atoms with van der Waals surface area (Å²) in [5.74, 6) is 2.35. The second-order valence-electron chi connectivity index (χ2n) is 8.37. The Morgan fingerprint density at radius 2 is 0.944 bits per heavy atom. The summed E-state index contributed by atoms with van der Waals surface area (Å²) < 4.78 is 31.1. The van der Waals surface area contributed by atoms with E-state index in [0.29, 0.717) is 72.9 Å². The molecule has 0 fully saturated rings. The maximum atomic E-state index is 12.9. The number of benzene rings is 2. The van der Waals surface area contributed by atoms with Gasteiger partial charge in [0.25, 0.3) is 0 Å². The number of carbonyl (C=O) groups excluding carboxylic acids is 1. The lowest BCUT2D eigenvalue weighted by Gasteiger charge is -2.25. The van der Waals surface area contributed by atoms with Crippen LogP contribution >= 0.6 is 0 Å². The highest BCUT2D eigenvalue weighted by Crippen LogP contribution is 2.54. The Bertz CT molecular complexity index is 911. The molecule has 6 nitrogen and oxygen atoms in total. The van der Waals surface area contributed by atoms with Crippen LogP contribution in [0.25, 0.3) is 6.08 Å². The molecule has 0 aliphatic rings. The van der Waals surface area contributed by atoms with Gasteiger partial charge < -0.3 is 23.7 Å². The quantitative estimate of drug-likeness (QED) is 0.156. The molecule has 0 spiro atoms. The van der Waals surface area contributed by atoms with Crippen LogP contribution in [-0.4, -0.2) is 38.8 Å². The van der Waals surface area contributed by atoms with Gasteiger partial charge >= 0.3 is 0 Å². The summed E-state index contributed by atoms with van der Waals surface area (Å²) in [6.07, 6.45) is 7.36. The molecule has 6 heteroatoms. The molecule has 0 unspecified atom stereocenters. The van der Waals surface area contributed by atoms with Crippen molar-refractivity contribution in [3.8, 4) is 28.7 Å². The fourth-order valence-electron chi connectivity index (χ4n) is 3.37. The molecule has 0 heterocycles. The molecular weight excluding hydrogens is 456 g/mol. The molecule has 0 aliphatic carbocycles. The second-order valence-corrected chi connectivity index (χ2v) is 8.37. The molecule has 2 aromatic carbocycles. The lowest BCUT2D eigenvalue weighted by molar-refractivity contribution is 0.104. The first-order valence-corrected chi connectivity index (χ1v) is 13.3. The summed E-state index contributed by atoms with van der Waals surface area (Å²) in [5.41, 5.74) is 1.22. The van der Waals surface area contributed by atoms with Crippen molar-refractivity contribution in [2.45, 2.75) is 66.7 Å². The Morgan fingerprint density at radius 1 is 0.583 bits per heavy atom. The fourth-order valence-corrected chi connectivity index (χ4v) is 3.37. The highest BCUT2D eigenvalue weighted by Gasteiger charge is 2.29. The maximum Gasteiger partial charge on any atom is 0.211 e. The fraction of sp³-hybridized carbons (Fsp3) is 0.500. The van der Waals surface area contributed by atoms with Crippen LogP contribution in [0.3, 0.4) is 0 Å². The molecule has 0 aromatic heterocycles. The first-order chi connectivity index (χ1) is 17.6. The van der Waals surface area contributed by atoms with Crippen molar-refractivity contribution in [1.29, 1.82) is 0 Å². The van der Waals surface area contributed by atoms with Gasteiger partial charge in [0.2, 0.25) is 17.2 Å². The highest BCUT2D eigenvalue weighted by atomic mass is 16.6. The van der Waals surface area contributed by atoms with Gasteiger partial charge in [0, 0.05) is 5.56 Å². The van der Waals surface area contributed by atoms with E-state index in [0.717, 1.165) is 32.1 Å². The summed E-state index contributed by atoms with van der Waals surface area (Å²) in [5, 5.41) is 0. The first kappa shape index (κ1) is 29.1. The van der Waals surface area contributed by atoms with Crippen LogP contribution in [0.2, 0.25) is 0 Å². The summed E-state index contributed by atoms with van der Waals surface area (Å²) in [7, 11) is 0. The van der Waals surface area contributed by atoms with E-state index in [1.807, 2.05) is 45.9 Å². The lowest BCUT2D eigenvalue weighted by atomic mass is 10.1. The van der Waals surface area contributed by atoms with E-state index in [1.54, 1.807) is 24.3 Å². The minimum Gasteiger partial charge on any atom is -0.489 e. The third kappa shape index (κ3) is 8.21. The summed E-state index contributed by atoms with van der Waals surface area (Å²) >= 11 is 0. The van der Waals surface area contributed by atoms with Gasteiger partial charge in [0.05, 0.1) is 38.6 Å². The minimum absolute atomic E-state index is 0.114. The van der Waals surface area contributed by atoms with Crippen molar-refractivity contribution in [1.82, 2.24) is 0 Å². The van der Waals surface area contributed by atoms with Gasteiger partial charge in [-0.2, -0.15) is 0 Å². The van der Waals surface area contributed by atoms with Gasteiger partial charge in [-0.15, -0.1) is 0 Å². The van der Waals surface area contributed by atoms with E-state index in [2.05, 4.69) is 6.92 Å². The Morgan fingerprint density at radius 3 is 1.33 bits per heavy atom. The second kappa shape index (κ2) is 16.5. The molecular formula is C30H42O6. The van der Waals surface area contributed by atoms with Gasteiger partial charge in [-0.25, -0.2) is 0 Å². The van der Waals surface area contributed by atoms with Crippen LogP contribution in [0.1, 0.15) is 82.6 Å². The van der Waals surface area contributed by atoms with Gasteiger partial charge in [-0.1, -0.05) is 65.0 Å². The maximum absolute atomic E-state index is 12.9. The number of hydrogen-bond donors (Lipinski definition) is 0. The monoisotopic (exact) mass is 498 g/mol. The van der Waals surface area contributed by atoms with Crippen LogP contribution in [0.4, 0.5) is 0 Å². The topological polar surface area (TPSA) is 63.2 Å². The van der Waals surface area contributed by atoms with Crippen molar-refractivity contribution in [3.05, 3.63) is 47.5 Å². The third-order valence-corrected chi connectivity index (χ3v) is 5.03. The summed E-state index contributed by atoms with van der Waals surface area (Å²) in [4.78, 5) is 12.9. The number of rotatable bonds is 18. The van der Waals surface area contributed by atoms with E-state index in [1.165, 1.54) is 0 Å². The van der Waals surface area contributed by atoms with Gasteiger partial charge in [0.1, 0.15) is 0 Å². The van der Waals surface area contributed by atoms with Crippen LogP contribution in [0.5, 0.6) is 28.7 Å². The van der Waals surface area contributed by atoms with Crippen molar-refractivity contribution >= 4 is 11.9 Å². The Hall–Kier alpha value is -3.15. The van der Waals surface area contributed by atoms with Crippen LogP contribution in [0.15, 0.2) is 36.4 Å². The molecule has 2 aromatic rings. The SMILES string of the molecule is CCCOc1c(C=CC(=O)c2ccccc2)c(OCCC)c(OCCC)c(OCCC)c1OCCC. The molecule has 0 radical (unpaired) electrons. The zero-order valence-electron chi connectivity index (χ0n) is 22.6. The largest absolute Gasteiger partial charge is 0.489 e. The number of ketones is 1. The van der Waals surface area contributed by atoms with Gasteiger partial charge in [-0.05, 0) is 44.3 Å². The van der Waals surface area contributed by atoms with Crippen molar-refractivity contribution in [2.75, 3.05) is 33.0 Å². The molecule has 0 amide bonds. The average Bonchev–Trinajstić information content (AvgIpc) is 2.91. The van der Waals surface area contributed by atoms with E-state index in [-0.39, 0.29) is 5.78 Å². The van der Waals surface area contributed by atoms with Crippen LogP contribution < -0.4 is 23.7 Å². The first-order valence-electron chi connectivity index (χ1n) is 13.3. The average molecular weight is 499 g/mol. The van der Waals surface area contributed by atoms with Gasteiger partial charge in [0.15, 0.2) is 17.3 Å². The molecule has 36 heavy (non-hydrogen) atoms. The minimum atomic E-state index is -0.114. The molecule has 0 saturated heterocycles. The summed E-state index contributed by atoms with van der Waals surface area (Å²) in [6, 6.07) is 9.17. The predicted molar refractivity (Wildman–Crippen MR) is 145 cm³/mol. The van der Waals surface area contributed by atoms with E-state index < -0.39 is 0 Å². The summed E-state index contributed by atoms with van der Waals surface area (Å²) in [6.45, 7) is 12.7. The zero-order chi connectivity index (χ0) is 26.2. The van der Waals surface area contributed by atoms with Gasteiger partial charge in [-0.3, -0.25) is 4.79 Å². The molecule has 0 saturated carbocycles. The molecule has 198 valence electrons. The lowest BCUT2D eigenvalue weighted by Crippen LogP contribution is -2.11. The number of ether oxygens (including phenoxy) is 5. The Balaban J connectivity index is 2.80. The molecule has 0 aliphatic heterocycles. The Labute approximate surface area is 216 Å². The third-order valence-electron chi connectivity index (χ3n) is 5.03. The van der Waals surface area contributed by atoms with Crippen molar-refractivity contribution < 1.29 is 28.5 Å². The molecule has 2 rings (SSSR count). The molecule has 0 N–H and O–H groups in total. The highest BCUT2D eigenvalue weighted by molar-refractivity contribution is 6.07. The number of carbonyl (C=O) groups is 1. The predicted octanol–water partition coefficient (Wildman–Crippen LogP) is 7.53. The zero-order valence-corrected chi connectivity index (χ0v) is 22.6. The Kier molecular flexibility index (Phi) is 13.3. The van der Waals surface area contributed by atoms with Crippen molar-refractivity contribution in [3.63, 3.8) is 0 Å². The van der Waals surface area contributed by atoms with Crippen molar-refractivity contribution in [2.24, 2.45) is 0 Å². The van der Waals surface area contributed by atoms with Crippen LogP contribution in [0, 0.1) is 0 Å². The molecule has 0 atom stereocenters. The number of allylic oxidation sites excluding steroid dienone is 1. The smallest absolute Gasteiger partial charge is 0.211 e. The normalized spacial score (nSPS) is 10.9. The van der Waals surface area contributed by atoms with E-state index >= 15 is 0 Å². The standard InChI is InChI=1S/C30H42O6/c1-6-18-32-26-24(16-17-25(31)23-14-12-11-13-15-23)27(33-19-7-2)29(35-21-9-4)30(36-22-10-5)28(26)34-20-8-3/h11-17H,6-10,18-22H2,1-5H3. The molecule has 0 bridgehead atoms. The van der Waals surface area contributed by atoms with Crippen LogP contribution in [-0.2, 0) is 0 Å². The number of hydrogen-bond acceptors (Lipinski definition) is 6. The van der Waals surface area contributed by atoms with E-state index in [9.17, 15) is 4.79 Å². The van der Waals surface area contributed by atoms with E-state index in [4.69, 9.17) is 23.7 Å².